The summed E-state index contributed by atoms with van der Waals surface area (Å²) >= 11 is 0. The first-order valence-electron chi connectivity index (χ1n) is 9.34. The second-order valence-corrected chi connectivity index (χ2v) is 6.72. The third-order valence-corrected chi connectivity index (χ3v) is 4.81. The Morgan fingerprint density at radius 1 is 1.03 bits per heavy atom. The van der Waals surface area contributed by atoms with E-state index in [0.29, 0.717) is 22.7 Å². The van der Waals surface area contributed by atoms with Crippen molar-refractivity contribution in [1.82, 2.24) is 0 Å². The van der Waals surface area contributed by atoms with Crippen molar-refractivity contribution in [2.75, 3.05) is 23.9 Å². The number of methoxy groups -OCH3 is 1. The van der Waals surface area contributed by atoms with Crippen LogP contribution in [-0.2, 0) is 4.79 Å². The molecule has 1 atom stereocenters. The maximum Gasteiger partial charge on any atom is 0.341 e. The molecule has 1 aliphatic rings. The van der Waals surface area contributed by atoms with E-state index < -0.39 is 18.7 Å². The zero-order chi connectivity index (χ0) is 21.1. The fraction of sp³-hybridized carbons (Fsp3) is 0.130. The number of para-hydroxylation sites is 1. The van der Waals surface area contributed by atoms with Crippen molar-refractivity contribution in [3.63, 3.8) is 0 Å². The van der Waals surface area contributed by atoms with Crippen LogP contribution in [0.4, 0.5) is 11.4 Å². The molecule has 2 N–H and O–H groups in total. The normalized spacial score (nSPS) is 15.2. The summed E-state index contributed by atoms with van der Waals surface area (Å²) in [6, 6.07) is 21.7. The molecule has 1 heterocycles. The molecule has 0 aliphatic carbocycles. The zero-order valence-corrected chi connectivity index (χ0v) is 16.2. The summed E-state index contributed by atoms with van der Waals surface area (Å²) in [4.78, 5) is 25.8. The maximum atomic E-state index is 13.4. The molecule has 3 aromatic rings. The van der Waals surface area contributed by atoms with Crippen LogP contribution in [0.25, 0.3) is 0 Å². The number of hydrogen-bond donors (Lipinski definition) is 2. The van der Waals surface area contributed by atoms with Crippen molar-refractivity contribution in [2.24, 2.45) is 0 Å². The van der Waals surface area contributed by atoms with Gasteiger partial charge in [-0.05, 0) is 54.1 Å². The van der Waals surface area contributed by atoms with Gasteiger partial charge in [-0.3, -0.25) is 9.69 Å². The Morgan fingerprint density at radius 3 is 2.53 bits per heavy atom. The summed E-state index contributed by atoms with van der Waals surface area (Å²) in [5.41, 5.74) is 2.84. The van der Waals surface area contributed by atoms with Gasteiger partial charge in [0.25, 0.3) is 5.91 Å². The van der Waals surface area contributed by atoms with Crippen molar-refractivity contribution in [2.45, 2.75) is 6.17 Å². The summed E-state index contributed by atoms with van der Waals surface area (Å²) in [5.74, 6) is -0.0876. The van der Waals surface area contributed by atoms with E-state index in [-0.39, 0.29) is 5.91 Å². The third kappa shape index (κ3) is 3.77. The first-order chi connectivity index (χ1) is 14.6. The topological polar surface area (TPSA) is 88.1 Å². The van der Waals surface area contributed by atoms with E-state index in [1.807, 2.05) is 42.5 Å². The molecule has 152 valence electrons. The molecule has 0 spiro atoms. The average Bonchev–Trinajstić information content (AvgIpc) is 2.78. The molecular formula is C23H20N2O5. The van der Waals surface area contributed by atoms with Crippen molar-refractivity contribution in [3.05, 3.63) is 83.9 Å². The summed E-state index contributed by atoms with van der Waals surface area (Å²) in [6.07, 6.45) is -0.451. The number of fused-ring (bicyclic) bond motifs is 1. The molecule has 1 unspecified atom stereocenters. The van der Waals surface area contributed by atoms with Gasteiger partial charge in [0.05, 0.1) is 12.7 Å². The van der Waals surface area contributed by atoms with Gasteiger partial charge in [0, 0.05) is 11.4 Å². The average molecular weight is 404 g/mol. The van der Waals surface area contributed by atoms with Gasteiger partial charge in [0.2, 0.25) is 0 Å². The van der Waals surface area contributed by atoms with Crippen molar-refractivity contribution in [3.8, 4) is 11.5 Å². The lowest BCUT2D eigenvalue weighted by Crippen LogP contribution is -2.43. The lowest BCUT2D eigenvalue weighted by Gasteiger charge is -2.38. The molecule has 0 fully saturated rings. The number of carboxylic acid groups (broad SMARTS) is 1. The molecule has 30 heavy (non-hydrogen) atoms. The second kappa shape index (κ2) is 8.16. The van der Waals surface area contributed by atoms with E-state index in [0.717, 1.165) is 11.3 Å². The monoisotopic (exact) mass is 404 g/mol. The van der Waals surface area contributed by atoms with Gasteiger partial charge >= 0.3 is 5.97 Å². The van der Waals surface area contributed by atoms with E-state index in [2.05, 4.69) is 5.32 Å². The third-order valence-electron chi connectivity index (χ3n) is 4.81. The van der Waals surface area contributed by atoms with Gasteiger partial charge in [0.15, 0.2) is 6.61 Å². The molecule has 1 aliphatic heterocycles. The molecule has 4 rings (SSSR count). The number of carbonyl (C=O) groups excluding carboxylic acids is 1. The Kier molecular flexibility index (Phi) is 5.26. The quantitative estimate of drug-likeness (QED) is 0.647. The SMILES string of the molecule is COc1cccc(C2Nc3ccccc3C(=O)N2c2ccc(OCC(=O)O)cc2)c1. The Bertz CT molecular complexity index is 1080. The molecular weight excluding hydrogens is 384 g/mol. The number of benzene rings is 3. The predicted octanol–water partition coefficient (Wildman–Crippen LogP) is 3.93. The summed E-state index contributed by atoms with van der Waals surface area (Å²) in [7, 11) is 1.60. The number of nitrogens with zero attached hydrogens (tertiary/aromatic N) is 1. The van der Waals surface area contributed by atoms with Crippen molar-refractivity contribution in [1.29, 1.82) is 0 Å². The standard InChI is InChI=1S/C23H20N2O5/c1-29-18-6-4-5-15(13-18)22-24-20-8-3-2-7-19(20)23(28)25(22)16-9-11-17(12-10-16)30-14-21(26)27/h2-13,22,24H,14H2,1H3,(H,26,27). The first kappa shape index (κ1) is 19.3. The second-order valence-electron chi connectivity index (χ2n) is 6.72. The molecule has 0 saturated heterocycles. The largest absolute Gasteiger partial charge is 0.497 e. The van der Waals surface area contributed by atoms with Crippen molar-refractivity contribution < 1.29 is 24.2 Å². The lowest BCUT2D eigenvalue weighted by molar-refractivity contribution is -0.139. The van der Waals surface area contributed by atoms with Crippen LogP contribution < -0.4 is 19.7 Å². The van der Waals surface area contributed by atoms with Gasteiger partial charge in [-0.1, -0.05) is 24.3 Å². The highest BCUT2D eigenvalue weighted by Gasteiger charge is 2.34. The molecule has 0 radical (unpaired) electrons. The Balaban J connectivity index is 1.73. The maximum absolute atomic E-state index is 13.4. The fourth-order valence-corrected chi connectivity index (χ4v) is 3.41. The Labute approximate surface area is 173 Å². The number of aliphatic carboxylic acids is 1. The van der Waals surface area contributed by atoms with Crippen LogP contribution in [0.3, 0.4) is 0 Å². The zero-order valence-electron chi connectivity index (χ0n) is 16.2. The highest BCUT2D eigenvalue weighted by molar-refractivity contribution is 6.12. The van der Waals surface area contributed by atoms with Gasteiger partial charge < -0.3 is 19.9 Å². The number of carboxylic acids is 1. The van der Waals surface area contributed by atoms with Crippen LogP contribution in [0.15, 0.2) is 72.8 Å². The van der Waals surface area contributed by atoms with Crippen LogP contribution >= 0.6 is 0 Å². The molecule has 7 heteroatoms. The number of carbonyl (C=O) groups is 2. The van der Waals surface area contributed by atoms with Crippen LogP contribution in [0.1, 0.15) is 22.1 Å². The molecule has 0 bridgehead atoms. The van der Waals surface area contributed by atoms with E-state index in [1.165, 1.54) is 0 Å². The van der Waals surface area contributed by atoms with E-state index in [4.69, 9.17) is 14.6 Å². The minimum Gasteiger partial charge on any atom is -0.497 e. The predicted molar refractivity (Wildman–Crippen MR) is 112 cm³/mol. The molecule has 0 saturated carbocycles. The number of nitrogens with one attached hydrogen (secondary N) is 1. The number of ether oxygens (including phenoxy) is 2. The Hall–Kier alpha value is -4.00. The number of rotatable bonds is 6. The number of amides is 1. The van der Waals surface area contributed by atoms with Crippen LogP contribution in [-0.4, -0.2) is 30.7 Å². The molecule has 1 amide bonds. The molecule has 3 aromatic carbocycles. The summed E-state index contributed by atoms with van der Waals surface area (Å²) in [5, 5.41) is 12.2. The van der Waals surface area contributed by atoms with E-state index in [9.17, 15) is 9.59 Å². The van der Waals surface area contributed by atoms with Gasteiger partial charge in [-0.2, -0.15) is 0 Å². The van der Waals surface area contributed by atoms with Crippen LogP contribution in [0.2, 0.25) is 0 Å². The lowest BCUT2D eigenvalue weighted by atomic mass is 10.0. The highest BCUT2D eigenvalue weighted by atomic mass is 16.5. The number of hydrogen-bond acceptors (Lipinski definition) is 5. The fourth-order valence-electron chi connectivity index (χ4n) is 3.41. The van der Waals surface area contributed by atoms with Gasteiger partial charge in [-0.15, -0.1) is 0 Å². The minimum atomic E-state index is -1.05. The Morgan fingerprint density at radius 2 is 1.80 bits per heavy atom. The summed E-state index contributed by atoms with van der Waals surface area (Å²) < 4.78 is 10.5. The first-order valence-corrected chi connectivity index (χ1v) is 9.34. The van der Waals surface area contributed by atoms with Gasteiger partial charge in [0.1, 0.15) is 17.7 Å². The van der Waals surface area contributed by atoms with Crippen molar-refractivity contribution >= 4 is 23.3 Å². The summed E-state index contributed by atoms with van der Waals surface area (Å²) in [6.45, 7) is -0.427. The van der Waals surface area contributed by atoms with Gasteiger partial charge in [-0.25, -0.2) is 4.79 Å². The van der Waals surface area contributed by atoms with Crippen LogP contribution in [0, 0.1) is 0 Å². The minimum absolute atomic E-state index is 0.142. The van der Waals surface area contributed by atoms with E-state index >= 15 is 0 Å². The highest BCUT2D eigenvalue weighted by Crippen LogP contribution is 2.37. The molecule has 7 nitrogen and oxygen atoms in total. The smallest absolute Gasteiger partial charge is 0.341 e. The number of anilines is 2. The molecule has 0 aromatic heterocycles. The van der Waals surface area contributed by atoms with E-state index in [1.54, 1.807) is 42.3 Å². The van der Waals surface area contributed by atoms with Crippen LogP contribution in [0.5, 0.6) is 11.5 Å².